The summed E-state index contributed by atoms with van der Waals surface area (Å²) in [5, 5.41) is 7.26. The van der Waals surface area contributed by atoms with Crippen molar-refractivity contribution in [3.63, 3.8) is 0 Å². The normalized spacial score (nSPS) is 11.2. The van der Waals surface area contributed by atoms with Crippen LogP contribution in [0.1, 0.15) is 10.4 Å². The van der Waals surface area contributed by atoms with E-state index in [4.69, 9.17) is 15.6 Å². The van der Waals surface area contributed by atoms with Gasteiger partial charge in [-0.2, -0.15) is 8.42 Å². The van der Waals surface area contributed by atoms with Crippen LogP contribution in [0.4, 0.5) is 30.2 Å². The zero-order valence-electron chi connectivity index (χ0n) is 15.8. The highest BCUT2D eigenvalue weighted by atomic mass is 127. The molecule has 0 heterocycles. The van der Waals surface area contributed by atoms with E-state index in [0.29, 0.717) is 9.64 Å². The third-order valence-corrected chi connectivity index (χ3v) is 5.13. The predicted octanol–water partition coefficient (Wildman–Crippen LogP) is 3.96. The van der Waals surface area contributed by atoms with Crippen LogP contribution in [0.25, 0.3) is 0 Å². The summed E-state index contributed by atoms with van der Waals surface area (Å²) in [5.74, 6) is -5.39. The standard InChI is InChI=1S/C19H14F3IN4O4S/c20-12-6-9(23)4-5-14(12)26-18-16(19(24)28)15(8-13(21)17(18)22)31-11-3-1-2-10(7-11)27-32(25,29)30/h1-8,26-27H,(H2,24,28)(H2,25,29,30). The molecule has 0 atom stereocenters. The minimum Gasteiger partial charge on any atom is -0.456 e. The molecule has 0 bridgehead atoms. The molecule has 0 saturated carbocycles. The maximum absolute atomic E-state index is 14.6. The summed E-state index contributed by atoms with van der Waals surface area (Å²) in [5.41, 5.74) is 3.82. The number of primary amides is 1. The molecule has 0 aliphatic heterocycles. The molecule has 3 aromatic rings. The van der Waals surface area contributed by atoms with E-state index < -0.39 is 50.6 Å². The monoisotopic (exact) mass is 578 g/mol. The van der Waals surface area contributed by atoms with Gasteiger partial charge in [0.2, 0.25) is 0 Å². The Bertz CT molecular complexity index is 1320. The number of carbonyl (C=O) groups is 1. The largest absolute Gasteiger partial charge is 0.456 e. The smallest absolute Gasteiger partial charge is 0.296 e. The van der Waals surface area contributed by atoms with E-state index in [1.54, 1.807) is 0 Å². The van der Waals surface area contributed by atoms with Crippen LogP contribution in [0.15, 0.2) is 48.5 Å². The van der Waals surface area contributed by atoms with Gasteiger partial charge in [-0.05, 0) is 52.9 Å². The van der Waals surface area contributed by atoms with Crippen LogP contribution in [0.2, 0.25) is 0 Å². The molecular formula is C19H14F3IN4O4S. The highest BCUT2D eigenvalue weighted by molar-refractivity contribution is 14.1. The van der Waals surface area contributed by atoms with Crippen LogP contribution < -0.4 is 25.6 Å². The molecule has 8 nitrogen and oxygen atoms in total. The van der Waals surface area contributed by atoms with Crippen molar-refractivity contribution in [1.29, 1.82) is 0 Å². The number of halogens is 4. The van der Waals surface area contributed by atoms with Gasteiger partial charge in [0, 0.05) is 15.7 Å². The van der Waals surface area contributed by atoms with Gasteiger partial charge in [-0.15, -0.1) is 0 Å². The lowest BCUT2D eigenvalue weighted by Crippen LogP contribution is -2.21. The molecule has 13 heteroatoms. The van der Waals surface area contributed by atoms with Gasteiger partial charge in [-0.25, -0.2) is 18.3 Å². The molecule has 3 rings (SSSR count). The van der Waals surface area contributed by atoms with E-state index in [2.05, 4.69) is 5.32 Å². The maximum atomic E-state index is 14.6. The van der Waals surface area contributed by atoms with Crippen LogP contribution in [-0.2, 0) is 10.2 Å². The zero-order valence-corrected chi connectivity index (χ0v) is 18.8. The second-order valence-corrected chi connectivity index (χ2v) is 8.85. The number of amides is 1. The molecule has 6 N–H and O–H groups in total. The lowest BCUT2D eigenvalue weighted by Gasteiger charge is -2.17. The minimum atomic E-state index is -4.08. The van der Waals surface area contributed by atoms with E-state index in [1.807, 2.05) is 27.3 Å². The van der Waals surface area contributed by atoms with Gasteiger partial charge in [0.05, 0.1) is 17.1 Å². The quantitative estimate of drug-likeness (QED) is 0.315. The average Bonchev–Trinajstić information content (AvgIpc) is 2.66. The van der Waals surface area contributed by atoms with E-state index in [1.165, 1.54) is 36.4 Å². The van der Waals surface area contributed by atoms with Crippen LogP contribution in [-0.4, -0.2) is 14.3 Å². The number of ether oxygens (including phenoxy) is 1. The Balaban J connectivity index is 2.07. The fourth-order valence-electron chi connectivity index (χ4n) is 2.69. The molecule has 0 aliphatic carbocycles. The van der Waals surface area contributed by atoms with Crippen molar-refractivity contribution < 1.29 is 31.1 Å². The molecular weight excluding hydrogens is 564 g/mol. The van der Waals surface area contributed by atoms with Gasteiger partial charge in [0.1, 0.15) is 22.9 Å². The molecule has 0 spiro atoms. The van der Waals surface area contributed by atoms with Crippen molar-refractivity contribution in [3.8, 4) is 11.5 Å². The number of nitrogens with one attached hydrogen (secondary N) is 2. The molecule has 1 amide bonds. The fourth-order valence-corrected chi connectivity index (χ4v) is 3.59. The summed E-state index contributed by atoms with van der Waals surface area (Å²) >= 11 is 1.86. The molecule has 0 saturated heterocycles. The Morgan fingerprint density at radius 1 is 1.03 bits per heavy atom. The molecule has 0 unspecified atom stereocenters. The van der Waals surface area contributed by atoms with Gasteiger partial charge in [-0.1, -0.05) is 6.07 Å². The van der Waals surface area contributed by atoms with Crippen molar-refractivity contribution in [3.05, 3.63) is 75.1 Å². The lowest BCUT2D eigenvalue weighted by atomic mass is 10.1. The fraction of sp³-hybridized carbons (Fsp3) is 0. The summed E-state index contributed by atoms with van der Waals surface area (Å²) in [4.78, 5) is 12.1. The zero-order chi connectivity index (χ0) is 23.6. The first kappa shape index (κ1) is 23.6. The molecule has 32 heavy (non-hydrogen) atoms. The minimum absolute atomic E-state index is 0.00696. The van der Waals surface area contributed by atoms with Crippen molar-refractivity contribution in [2.24, 2.45) is 10.9 Å². The maximum Gasteiger partial charge on any atom is 0.296 e. The number of carbonyl (C=O) groups excluding carboxylic acids is 1. The summed E-state index contributed by atoms with van der Waals surface area (Å²) < 4.78 is 73.5. The SMILES string of the molecule is NC(=O)c1c(Oc2cccc(NS(N)(=O)=O)c2)cc(F)c(F)c1Nc1ccc(I)cc1F. The van der Waals surface area contributed by atoms with Crippen molar-refractivity contribution >= 4 is 55.8 Å². The van der Waals surface area contributed by atoms with Gasteiger partial charge >= 0.3 is 0 Å². The molecule has 0 aromatic heterocycles. The van der Waals surface area contributed by atoms with Gasteiger partial charge in [0.15, 0.2) is 11.6 Å². The Labute approximate surface area is 194 Å². The second-order valence-electron chi connectivity index (χ2n) is 6.31. The van der Waals surface area contributed by atoms with Crippen LogP contribution in [0.3, 0.4) is 0 Å². The lowest BCUT2D eigenvalue weighted by molar-refractivity contribution is 0.0998. The van der Waals surface area contributed by atoms with Gasteiger partial charge in [-0.3, -0.25) is 9.52 Å². The van der Waals surface area contributed by atoms with Crippen LogP contribution in [0, 0.1) is 21.0 Å². The van der Waals surface area contributed by atoms with Crippen molar-refractivity contribution in [1.82, 2.24) is 0 Å². The first-order chi connectivity index (χ1) is 14.9. The van der Waals surface area contributed by atoms with E-state index in [-0.39, 0.29) is 17.1 Å². The molecule has 168 valence electrons. The van der Waals surface area contributed by atoms with Crippen molar-refractivity contribution in [2.75, 3.05) is 10.0 Å². The Morgan fingerprint density at radius 2 is 1.75 bits per heavy atom. The highest BCUT2D eigenvalue weighted by Gasteiger charge is 2.25. The third kappa shape index (κ3) is 5.60. The Morgan fingerprint density at radius 3 is 2.38 bits per heavy atom. The molecule has 0 fully saturated rings. The van der Waals surface area contributed by atoms with Crippen molar-refractivity contribution in [2.45, 2.75) is 0 Å². The summed E-state index contributed by atoms with van der Waals surface area (Å²) in [6, 6.07) is 9.78. The topological polar surface area (TPSA) is 137 Å². The average molecular weight is 578 g/mol. The Hall–Kier alpha value is -3.04. The van der Waals surface area contributed by atoms with Crippen LogP contribution >= 0.6 is 22.6 Å². The third-order valence-electron chi connectivity index (χ3n) is 3.94. The van der Waals surface area contributed by atoms with Crippen LogP contribution in [0.5, 0.6) is 11.5 Å². The summed E-state index contributed by atoms with van der Waals surface area (Å²) in [6.07, 6.45) is 0. The predicted molar refractivity (Wildman–Crippen MR) is 121 cm³/mol. The van der Waals surface area contributed by atoms with Gasteiger partial charge < -0.3 is 15.8 Å². The molecule has 0 aliphatic rings. The number of anilines is 3. The highest BCUT2D eigenvalue weighted by Crippen LogP contribution is 2.37. The number of hydrogen-bond donors (Lipinski definition) is 4. The summed E-state index contributed by atoms with van der Waals surface area (Å²) in [7, 11) is -4.08. The van der Waals surface area contributed by atoms with E-state index in [9.17, 15) is 26.4 Å². The summed E-state index contributed by atoms with van der Waals surface area (Å²) in [6.45, 7) is 0. The van der Waals surface area contributed by atoms with E-state index >= 15 is 0 Å². The number of rotatable bonds is 7. The Kier molecular flexibility index (Phi) is 6.80. The molecule has 0 radical (unpaired) electrons. The van der Waals surface area contributed by atoms with E-state index in [0.717, 1.165) is 6.07 Å². The first-order valence-electron chi connectivity index (χ1n) is 8.57. The van der Waals surface area contributed by atoms with Gasteiger partial charge in [0.25, 0.3) is 16.1 Å². The number of benzene rings is 3. The second kappa shape index (κ2) is 9.22. The number of hydrogen-bond acceptors (Lipinski definition) is 5. The first-order valence-corrected chi connectivity index (χ1v) is 11.2. The number of nitrogens with two attached hydrogens (primary N) is 2. The molecule has 3 aromatic carbocycles.